The van der Waals surface area contributed by atoms with Gasteiger partial charge in [-0.2, -0.15) is 0 Å². The molecule has 112 valence electrons. The van der Waals surface area contributed by atoms with Gasteiger partial charge in [-0.25, -0.2) is 9.97 Å². The summed E-state index contributed by atoms with van der Waals surface area (Å²) in [6.07, 6.45) is 1.54. The van der Waals surface area contributed by atoms with Crippen molar-refractivity contribution >= 4 is 28.9 Å². The third-order valence-corrected chi connectivity index (χ3v) is 3.34. The molecule has 4 nitrogen and oxygen atoms in total. The molecule has 0 bridgehead atoms. The highest BCUT2D eigenvalue weighted by molar-refractivity contribution is 6.33. The highest BCUT2D eigenvalue weighted by atomic mass is 35.5. The van der Waals surface area contributed by atoms with Crippen LogP contribution in [0.2, 0.25) is 5.02 Å². The number of nitrogens with one attached hydrogen (secondary N) is 2. The Morgan fingerprint density at radius 1 is 1.10 bits per heavy atom. The summed E-state index contributed by atoms with van der Waals surface area (Å²) < 4.78 is 0. The van der Waals surface area contributed by atoms with E-state index in [4.69, 9.17) is 11.6 Å². The van der Waals surface area contributed by atoms with Gasteiger partial charge in [0.15, 0.2) is 0 Å². The van der Waals surface area contributed by atoms with Crippen LogP contribution in [-0.4, -0.2) is 16.5 Å². The maximum atomic E-state index is 6.31. The summed E-state index contributed by atoms with van der Waals surface area (Å²) >= 11 is 6.31. The van der Waals surface area contributed by atoms with E-state index in [9.17, 15) is 0 Å². The highest BCUT2D eigenvalue weighted by Crippen LogP contribution is 2.29. The molecule has 0 radical (unpaired) electrons. The Balaban J connectivity index is 2.18. The summed E-state index contributed by atoms with van der Waals surface area (Å²) in [7, 11) is 0. The minimum Gasteiger partial charge on any atom is -0.370 e. The fourth-order valence-electron chi connectivity index (χ4n) is 2.03. The quantitative estimate of drug-likeness (QED) is 0.850. The van der Waals surface area contributed by atoms with Crippen LogP contribution in [0, 0.1) is 19.8 Å². The van der Waals surface area contributed by atoms with E-state index in [1.54, 1.807) is 6.33 Å². The average molecular weight is 305 g/mol. The molecule has 0 aliphatic rings. The van der Waals surface area contributed by atoms with Gasteiger partial charge in [-0.3, -0.25) is 0 Å². The summed E-state index contributed by atoms with van der Waals surface area (Å²) in [6.45, 7) is 9.24. The average Bonchev–Trinajstić information content (AvgIpc) is 2.41. The second-order valence-electron chi connectivity index (χ2n) is 5.63. The lowest BCUT2D eigenvalue weighted by Crippen LogP contribution is -2.09. The fourth-order valence-corrected chi connectivity index (χ4v) is 2.40. The van der Waals surface area contributed by atoms with Crippen LogP contribution < -0.4 is 10.6 Å². The molecule has 0 spiro atoms. The predicted molar refractivity (Wildman–Crippen MR) is 89.6 cm³/mol. The predicted octanol–water partition coefficient (Wildman–Crippen LogP) is 4.56. The van der Waals surface area contributed by atoms with Crippen molar-refractivity contribution in [2.75, 3.05) is 17.2 Å². The number of nitrogens with zero attached hydrogens (tertiary/aromatic N) is 2. The molecule has 0 fully saturated rings. The summed E-state index contributed by atoms with van der Waals surface area (Å²) in [4.78, 5) is 8.46. The zero-order valence-corrected chi connectivity index (χ0v) is 13.6. The van der Waals surface area contributed by atoms with E-state index < -0.39 is 0 Å². The topological polar surface area (TPSA) is 49.8 Å². The summed E-state index contributed by atoms with van der Waals surface area (Å²) in [5.74, 6) is 2.09. The van der Waals surface area contributed by atoms with Gasteiger partial charge in [0.25, 0.3) is 0 Å². The Bertz CT molecular complexity index is 602. The van der Waals surface area contributed by atoms with Gasteiger partial charge in [-0.15, -0.1) is 0 Å². The Morgan fingerprint density at radius 2 is 1.81 bits per heavy atom. The molecule has 0 aliphatic heterocycles. The maximum absolute atomic E-state index is 6.31. The monoisotopic (exact) mass is 304 g/mol. The first-order chi connectivity index (χ1) is 9.95. The molecule has 21 heavy (non-hydrogen) atoms. The van der Waals surface area contributed by atoms with Crippen LogP contribution in [0.3, 0.4) is 0 Å². The molecule has 0 saturated heterocycles. The van der Waals surface area contributed by atoms with Gasteiger partial charge in [-0.1, -0.05) is 31.5 Å². The standard InChI is InChI=1S/C16H21ClN4/c1-10(2)8-18-14-7-15(20-9-19-14)21-16-12(4)5-11(3)6-13(16)17/h5-7,9-10H,8H2,1-4H3,(H2,18,19,20,21). The van der Waals surface area contributed by atoms with Crippen LogP contribution in [0.5, 0.6) is 0 Å². The first-order valence-corrected chi connectivity index (χ1v) is 7.43. The zero-order chi connectivity index (χ0) is 15.4. The van der Waals surface area contributed by atoms with E-state index in [1.165, 1.54) is 0 Å². The molecule has 5 heteroatoms. The van der Waals surface area contributed by atoms with Crippen molar-refractivity contribution in [1.82, 2.24) is 9.97 Å². The van der Waals surface area contributed by atoms with Crippen LogP contribution in [-0.2, 0) is 0 Å². The molecular weight excluding hydrogens is 284 g/mol. The number of hydrogen-bond donors (Lipinski definition) is 2. The summed E-state index contributed by atoms with van der Waals surface area (Å²) in [6, 6.07) is 5.92. The van der Waals surface area contributed by atoms with Crippen LogP contribution in [0.4, 0.5) is 17.3 Å². The number of benzene rings is 1. The van der Waals surface area contributed by atoms with E-state index in [0.717, 1.165) is 35.0 Å². The summed E-state index contributed by atoms with van der Waals surface area (Å²) in [5, 5.41) is 7.25. The molecule has 0 atom stereocenters. The fraction of sp³-hybridized carbons (Fsp3) is 0.375. The minimum atomic E-state index is 0.560. The van der Waals surface area contributed by atoms with Crippen molar-refractivity contribution in [3.8, 4) is 0 Å². The molecule has 1 aromatic heterocycles. The SMILES string of the molecule is Cc1cc(C)c(Nc2cc(NCC(C)C)ncn2)c(Cl)c1. The number of rotatable bonds is 5. The molecule has 2 N–H and O–H groups in total. The third kappa shape index (κ3) is 4.33. The van der Waals surface area contributed by atoms with Gasteiger partial charge < -0.3 is 10.6 Å². The maximum Gasteiger partial charge on any atom is 0.135 e. The molecule has 0 unspecified atom stereocenters. The normalized spacial score (nSPS) is 10.8. The van der Waals surface area contributed by atoms with Crippen LogP contribution in [0.1, 0.15) is 25.0 Å². The van der Waals surface area contributed by atoms with Gasteiger partial charge >= 0.3 is 0 Å². The molecule has 1 heterocycles. The Labute approximate surface area is 131 Å². The first kappa shape index (κ1) is 15.6. The van der Waals surface area contributed by atoms with E-state index in [1.807, 2.05) is 26.0 Å². The number of aromatic nitrogens is 2. The molecule has 1 aromatic carbocycles. The largest absolute Gasteiger partial charge is 0.370 e. The van der Waals surface area contributed by atoms with Crippen LogP contribution >= 0.6 is 11.6 Å². The lowest BCUT2D eigenvalue weighted by atomic mass is 10.1. The number of anilines is 3. The van der Waals surface area contributed by atoms with Crippen molar-refractivity contribution < 1.29 is 0 Å². The van der Waals surface area contributed by atoms with Crippen molar-refractivity contribution in [3.05, 3.63) is 40.7 Å². The van der Waals surface area contributed by atoms with Gasteiger partial charge in [0.05, 0.1) is 10.7 Å². The van der Waals surface area contributed by atoms with Gasteiger partial charge in [0, 0.05) is 12.6 Å². The molecule has 0 saturated carbocycles. The molecule has 2 rings (SSSR count). The van der Waals surface area contributed by atoms with Crippen molar-refractivity contribution in [3.63, 3.8) is 0 Å². The van der Waals surface area contributed by atoms with Gasteiger partial charge in [-0.05, 0) is 37.0 Å². The number of halogens is 1. The second-order valence-corrected chi connectivity index (χ2v) is 6.03. The zero-order valence-electron chi connectivity index (χ0n) is 12.9. The van der Waals surface area contributed by atoms with Gasteiger partial charge in [0.1, 0.15) is 18.0 Å². The lowest BCUT2D eigenvalue weighted by Gasteiger charge is -2.13. The minimum absolute atomic E-state index is 0.560. The van der Waals surface area contributed by atoms with Crippen LogP contribution in [0.15, 0.2) is 24.5 Å². The Morgan fingerprint density at radius 3 is 2.48 bits per heavy atom. The Hall–Kier alpha value is -1.81. The molecule has 0 amide bonds. The molecule has 0 aliphatic carbocycles. The van der Waals surface area contributed by atoms with E-state index in [2.05, 4.69) is 40.5 Å². The molecule has 2 aromatic rings. The highest BCUT2D eigenvalue weighted by Gasteiger charge is 2.07. The lowest BCUT2D eigenvalue weighted by molar-refractivity contribution is 0.687. The van der Waals surface area contributed by atoms with Gasteiger partial charge in [0.2, 0.25) is 0 Å². The third-order valence-electron chi connectivity index (χ3n) is 3.04. The van der Waals surface area contributed by atoms with Crippen molar-refractivity contribution in [1.29, 1.82) is 0 Å². The van der Waals surface area contributed by atoms with Crippen molar-refractivity contribution in [2.24, 2.45) is 5.92 Å². The van der Waals surface area contributed by atoms with Crippen LogP contribution in [0.25, 0.3) is 0 Å². The van der Waals surface area contributed by atoms with Crippen molar-refractivity contribution in [2.45, 2.75) is 27.7 Å². The number of aryl methyl sites for hydroxylation is 2. The summed E-state index contributed by atoms with van der Waals surface area (Å²) in [5.41, 5.74) is 3.12. The van der Waals surface area contributed by atoms with E-state index in [-0.39, 0.29) is 0 Å². The second kappa shape index (κ2) is 6.76. The Kier molecular flexibility index (Phi) is 5.02. The molecular formula is C16H21ClN4. The smallest absolute Gasteiger partial charge is 0.135 e. The van der Waals surface area contributed by atoms with E-state index >= 15 is 0 Å². The number of hydrogen-bond acceptors (Lipinski definition) is 4. The van der Waals surface area contributed by atoms with E-state index in [0.29, 0.717) is 10.9 Å². The first-order valence-electron chi connectivity index (χ1n) is 7.05.